The molecule has 2 aromatic carbocycles. The number of fused-ring (bicyclic) bond motifs is 1. The third kappa shape index (κ3) is 4.31. The fraction of sp³-hybridized carbons (Fsp3) is 0.381. The number of rotatable bonds is 3. The molecule has 28 heavy (non-hydrogen) atoms. The van der Waals surface area contributed by atoms with E-state index in [1.165, 1.54) is 22.6 Å². The molecular weight excluding hydrogens is 390 g/mol. The highest BCUT2D eigenvalue weighted by Gasteiger charge is 2.39. The number of nitrogens with zero attached hydrogens (tertiary/aromatic N) is 1. The zero-order chi connectivity index (χ0) is 20.7. The van der Waals surface area contributed by atoms with Crippen molar-refractivity contribution in [2.75, 3.05) is 10.6 Å². The van der Waals surface area contributed by atoms with Gasteiger partial charge in [0.25, 0.3) is 5.69 Å². The Balaban J connectivity index is 1.86. The van der Waals surface area contributed by atoms with Crippen LogP contribution in [-0.2, 0) is 5.41 Å². The molecule has 2 aromatic rings. The van der Waals surface area contributed by atoms with Crippen LogP contribution in [0, 0.1) is 17.0 Å². The van der Waals surface area contributed by atoms with Gasteiger partial charge in [-0.15, -0.1) is 11.8 Å². The molecule has 148 valence electrons. The van der Waals surface area contributed by atoms with E-state index in [0.29, 0.717) is 10.8 Å². The first-order chi connectivity index (χ1) is 13.0. The van der Waals surface area contributed by atoms with Gasteiger partial charge in [0.2, 0.25) is 0 Å². The standard InChI is InChI=1S/C21H25N3O2S2/c1-13-6-11-16-18(28-21(4,5)12-20(16,2)3)17(13)23-19(27)22-14-7-9-15(10-8-14)24(25)26/h6-11H,12H2,1-5H3,(H2,22,23,27). The molecule has 0 aromatic heterocycles. The zero-order valence-electron chi connectivity index (χ0n) is 16.8. The van der Waals surface area contributed by atoms with Crippen molar-refractivity contribution in [2.24, 2.45) is 0 Å². The summed E-state index contributed by atoms with van der Waals surface area (Å²) >= 11 is 7.40. The summed E-state index contributed by atoms with van der Waals surface area (Å²) in [4.78, 5) is 11.6. The quantitative estimate of drug-likeness (QED) is 0.350. The van der Waals surface area contributed by atoms with Crippen LogP contribution in [0.5, 0.6) is 0 Å². The monoisotopic (exact) mass is 415 g/mol. The maximum Gasteiger partial charge on any atom is 0.269 e. The van der Waals surface area contributed by atoms with E-state index in [1.54, 1.807) is 12.1 Å². The van der Waals surface area contributed by atoms with Crippen molar-refractivity contribution in [2.45, 2.75) is 56.1 Å². The summed E-state index contributed by atoms with van der Waals surface area (Å²) in [7, 11) is 0. The first-order valence-corrected chi connectivity index (χ1v) is 10.4. The van der Waals surface area contributed by atoms with Gasteiger partial charge in [0.15, 0.2) is 5.11 Å². The molecule has 0 saturated carbocycles. The van der Waals surface area contributed by atoms with Gasteiger partial charge in [-0.2, -0.15) is 0 Å². The number of aryl methyl sites for hydroxylation is 1. The van der Waals surface area contributed by atoms with Gasteiger partial charge < -0.3 is 10.6 Å². The molecule has 0 aliphatic carbocycles. The largest absolute Gasteiger partial charge is 0.332 e. The second kappa shape index (κ2) is 7.37. The van der Waals surface area contributed by atoms with Crippen molar-refractivity contribution in [1.29, 1.82) is 0 Å². The molecule has 2 N–H and O–H groups in total. The summed E-state index contributed by atoms with van der Waals surface area (Å²) in [6, 6.07) is 10.6. The zero-order valence-corrected chi connectivity index (χ0v) is 18.4. The Morgan fingerprint density at radius 1 is 1.11 bits per heavy atom. The van der Waals surface area contributed by atoms with E-state index < -0.39 is 4.92 Å². The summed E-state index contributed by atoms with van der Waals surface area (Å²) < 4.78 is 0.133. The second-order valence-corrected chi connectivity index (χ2v) is 10.6. The van der Waals surface area contributed by atoms with Crippen molar-refractivity contribution in [3.05, 3.63) is 57.6 Å². The van der Waals surface area contributed by atoms with Crippen molar-refractivity contribution >= 4 is 46.2 Å². The fourth-order valence-electron chi connectivity index (χ4n) is 3.89. The van der Waals surface area contributed by atoms with Crippen LogP contribution in [0.4, 0.5) is 17.1 Å². The Bertz CT molecular complexity index is 937. The van der Waals surface area contributed by atoms with E-state index >= 15 is 0 Å². The second-order valence-electron chi connectivity index (χ2n) is 8.44. The summed E-state index contributed by atoms with van der Waals surface area (Å²) in [6.45, 7) is 11.2. The Morgan fingerprint density at radius 3 is 2.36 bits per heavy atom. The van der Waals surface area contributed by atoms with Gasteiger partial charge in [-0.3, -0.25) is 10.1 Å². The van der Waals surface area contributed by atoms with Gasteiger partial charge >= 0.3 is 0 Å². The third-order valence-corrected chi connectivity index (χ3v) is 6.44. The Labute approximate surface area is 175 Å². The molecule has 5 nitrogen and oxygen atoms in total. The number of thiocarbonyl (C=S) groups is 1. The van der Waals surface area contributed by atoms with Gasteiger partial charge in [0.1, 0.15) is 0 Å². The minimum atomic E-state index is -0.416. The molecular formula is C21H25N3O2S2. The summed E-state index contributed by atoms with van der Waals surface area (Å²) in [6.07, 6.45) is 1.10. The average molecular weight is 416 g/mol. The minimum Gasteiger partial charge on any atom is -0.332 e. The molecule has 1 aliphatic heterocycles. The average Bonchev–Trinajstić information content (AvgIpc) is 2.56. The first kappa shape index (κ1) is 20.6. The van der Waals surface area contributed by atoms with Crippen molar-refractivity contribution in [3.8, 4) is 0 Å². The molecule has 3 rings (SSSR count). The van der Waals surface area contributed by atoms with Crippen LogP contribution in [0.3, 0.4) is 0 Å². The van der Waals surface area contributed by atoms with Crippen molar-refractivity contribution in [1.82, 2.24) is 0 Å². The highest BCUT2D eigenvalue weighted by Crippen LogP contribution is 2.53. The lowest BCUT2D eigenvalue weighted by molar-refractivity contribution is -0.384. The number of non-ortho nitro benzene ring substituents is 1. The van der Waals surface area contributed by atoms with E-state index in [9.17, 15) is 10.1 Å². The van der Waals surface area contributed by atoms with Crippen molar-refractivity contribution in [3.63, 3.8) is 0 Å². The topological polar surface area (TPSA) is 67.2 Å². The van der Waals surface area contributed by atoms with E-state index in [-0.39, 0.29) is 15.8 Å². The van der Waals surface area contributed by atoms with Crippen LogP contribution >= 0.6 is 24.0 Å². The predicted octanol–water partition coefficient (Wildman–Crippen LogP) is 6.26. The number of benzene rings is 2. The lowest BCUT2D eigenvalue weighted by Crippen LogP contribution is -2.34. The number of hydrogen-bond donors (Lipinski definition) is 2. The van der Waals surface area contributed by atoms with Gasteiger partial charge in [-0.05, 0) is 54.2 Å². The SMILES string of the molecule is Cc1ccc2c(c1NC(=S)Nc1ccc([N+](=O)[O-])cc1)SC(C)(C)CC2(C)C. The number of nitro benzene ring substituents is 1. The molecule has 0 unspecified atom stereocenters. The summed E-state index contributed by atoms with van der Waals surface area (Å²) in [5.74, 6) is 0. The molecule has 0 bridgehead atoms. The van der Waals surface area contributed by atoms with E-state index in [1.807, 2.05) is 11.8 Å². The van der Waals surface area contributed by atoms with Crippen LogP contribution in [0.1, 0.15) is 45.2 Å². The van der Waals surface area contributed by atoms with Gasteiger partial charge in [0.05, 0.1) is 10.6 Å². The first-order valence-electron chi connectivity index (χ1n) is 9.14. The Morgan fingerprint density at radius 2 is 1.75 bits per heavy atom. The molecule has 0 spiro atoms. The highest BCUT2D eigenvalue weighted by molar-refractivity contribution is 8.01. The number of hydrogen-bond acceptors (Lipinski definition) is 4. The van der Waals surface area contributed by atoms with Crippen LogP contribution in [0.2, 0.25) is 0 Å². The number of anilines is 2. The Hall–Kier alpha value is -2.12. The molecule has 0 amide bonds. The molecule has 1 heterocycles. The normalized spacial score (nSPS) is 16.8. The smallest absolute Gasteiger partial charge is 0.269 e. The van der Waals surface area contributed by atoms with Gasteiger partial charge in [-0.1, -0.05) is 39.8 Å². The summed E-state index contributed by atoms with van der Waals surface area (Å²) in [5.41, 5.74) is 4.34. The number of thioether (sulfide) groups is 1. The number of nitro groups is 1. The van der Waals surface area contributed by atoms with Crippen molar-refractivity contribution < 1.29 is 4.92 Å². The van der Waals surface area contributed by atoms with Crippen LogP contribution < -0.4 is 10.6 Å². The predicted molar refractivity (Wildman–Crippen MR) is 122 cm³/mol. The molecule has 7 heteroatoms. The molecule has 0 atom stereocenters. The lowest BCUT2D eigenvalue weighted by Gasteiger charge is -2.42. The summed E-state index contributed by atoms with van der Waals surface area (Å²) in [5, 5.41) is 17.8. The minimum absolute atomic E-state index is 0.0539. The van der Waals surface area contributed by atoms with Gasteiger partial charge in [-0.25, -0.2) is 0 Å². The number of nitrogens with one attached hydrogen (secondary N) is 2. The molecule has 0 saturated heterocycles. The lowest BCUT2D eigenvalue weighted by atomic mass is 9.76. The molecule has 0 radical (unpaired) electrons. The van der Waals surface area contributed by atoms with Gasteiger partial charge in [0, 0.05) is 27.5 Å². The molecule has 0 fully saturated rings. The van der Waals surface area contributed by atoms with E-state index in [4.69, 9.17) is 12.2 Å². The van der Waals surface area contributed by atoms with E-state index in [0.717, 1.165) is 17.7 Å². The fourth-order valence-corrected chi connectivity index (χ4v) is 5.86. The maximum atomic E-state index is 10.8. The third-order valence-electron chi connectivity index (χ3n) is 4.92. The maximum absolute atomic E-state index is 10.8. The van der Waals surface area contributed by atoms with Crippen LogP contribution in [0.15, 0.2) is 41.3 Å². The molecule has 1 aliphatic rings. The van der Waals surface area contributed by atoms with Crippen LogP contribution in [-0.4, -0.2) is 14.8 Å². The van der Waals surface area contributed by atoms with E-state index in [2.05, 4.69) is 57.4 Å². The Kier molecular flexibility index (Phi) is 5.42. The highest BCUT2D eigenvalue weighted by atomic mass is 32.2. The van der Waals surface area contributed by atoms with Crippen LogP contribution in [0.25, 0.3) is 0 Å².